The summed E-state index contributed by atoms with van der Waals surface area (Å²) in [6, 6.07) is 0. The van der Waals surface area contributed by atoms with Crippen LogP contribution >= 0.6 is 0 Å². The van der Waals surface area contributed by atoms with E-state index in [2.05, 4.69) is 0 Å². The van der Waals surface area contributed by atoms with Gasteiger partial charge in [-0.25, -0.2) is 0 Å². The normalized spacial score (nSPS) is 16.8. The molecule has 1 aliphatic carbocycles. The molecule has 0 unspecified atom stereocenters. The summed E-state index contributed by atoms with van der Waals surface area (Å²) in [4.78, 5) is 24.8. The predicted octanol–water partition coefficient (Wildman–Crippen LogP) is 2.71. The minimum absolute atomic E-state index is 0.0269. The fraction of sp³-hybridized carbons (Fsp3) is 0.875. The SMILES string of the molecule is COC(=O)C(CCOC(C)(C)C)(C(=O)OC)C1CCCC1. The quantitative estimate of drug-likeness (QED) is 0.557. The molecular weight excluding hydrogens is 272 g/mol. The summed E-state index contributed by atoms with van der Waals surface area (Å²) in [5, 5.41) is 0. The summed E-state index contributed by atoms with van der Waals surface area (Å²) in [6.07, 6.45) is 4.05. The van der Waals surface area contributed by atoms with Gasteiger partial charge in [0.1, 0.15) is 0 Å². The smallest absolute Gasteiger partial charge is 0.323 e. The van der Waals surface area contributed by atoms with Crippen molar-refractivity contribution in [3.8, 4) is 0 Å². The lowest BCUT2D eigenvalue weighted by Crippen LogP contribution is -2.47. The third-order valence-electron chi connectivity index (χ3n) is 4.18. The molecule has 5 nitrogen and oxygen atoms in total. The molecule has 0 atom stereocenters. The third-order valence-corrected chi connectivity index (χ3v) is 4.18. The summed E-state index contributed by atoms with van der Waals surface area (Å²) in [5.41, 5.74) is -1.54. The van der Waals surface area contributed by atoms with Crippen molar-refractivity contribution in [3.05, 3.63) is 0 Å². The van der Waals surface area contributed by atoms with Crippen LogP contribution in [0.1, 0.15) is 52.9 Å². The molecule has 1 rings (SSSR count). The number of esters is 2. The maximum atomic E-state index is 12.4. The Balaban J connectivity index is 2.99. The fourth-order valence-electron chi connectivity index (χ4n) is 3.13. The van der Waals surface area contributed by atoms with Crippen LogP contribution in [0, 0.1) is 11.3 Å². The van der Waals surface area contributed by atoms with Crippen molar-refractivity contribution in [2.45, 2.75) is 58.5 Å². The summed E-state index contributed by atoms with van der Waals surface area (Å²) < 4.78 is 15.6. The highest BCUT2D eigenvalue weighted by molar-refractivity contribution is 6.00. The minimum Gasteiger partial charge on any atom is -0.468 e. The Morgan fingerprint density at radius 2 is 1.48 bits per heavy atom. The Labute approximate surface area is 127 Å². The summed E-state index contributed by atoms with van der Waals surface area (Å²) >= 11 is 0. The van der Waals surface area contributed by atoms with E-state index in [0.29, 0.717) is 13.0 Å². The molecule has 1 saturated carbocycles. The number of rotatable bonds is 6. The fourth-order valence-corrected chi connectivity index (χ4v) is 3.13. The van der Waals surface area contributed by atoms with Crippen molar-refractivity contribution < 1.29 is 23.8 Å². The van der Waals surface area contributed by atoms with E-state index in [1.165, 1.54) is 14.2 Å². The first-order valence-corrected chi connectivity index (χ1v) is 7.58. The Kier molecular flexibility index (Phi) is 6.20. The van der Waals surface area contributed by atoms with Gasteiger partial charge in [0.2, 0.25) is 0 Å². The highest BCUT2D eigenvalue weighted by Crippen LogP contribution is 2.44. The number of ether oxygens (including phenoxy) is 3. The van der Waals surface area contributed by atoms with Gasteiger partial charge in [0, 0.05) is 6.61 Å². The molecule has 0 saturated heterocycles. The van der Waals surface area contributed by atoms with E-state index in [4.69, 9.17) is 14.2 Å². The van der Waals surface area contributed by atoms with E-state index in [1.807, 2.05) is 20.8 Å². The maximum Gasteiger partial charge on any atom is 0.323 e. The van der Waals surface area contributed by atoms with Crippen LogP contribution in [0.3, 0.4) is 0 Å². The van der Waals surface area contributed by atoms with Crippen LogP contribution in [0.5, 0.6) is 0 Å². The van der Waals surface area contributed by atoms with Crippen LogP contribution in [0.2, 0.25) is 0 Å². The van der Waals surface area contributed by atoms with Crippen LogP contribution in [0.25, 0.3) is 0 Å². The average Bonchev–Trinajstić information content (AvgIpc) is 2.95. The van der Waals surface area contributed by atoms with Crippen molar-refractivity contribution in [2.75, 3.05) is 20.8 Å². The highest BCUT2D eigenvalue weighted by atomic mass is 16.5. The molecule has 0 N–H and O–H groups in total. The van der Waals surface area contributed by atoms with Crippen LogP contribution in [-0.2, 0) is 23.8 Å². The third kappa shape index (κ3) is 4.19. The first-order valence-electron chi connectivity index (χ1n) is 7.58. The standard InChI is InChI=1S/C16H28O5/c1-15(2,3)21-11-10-16(13(17)19-4,14(18)20-5)12-8-6-7-9-12/h12H,6-11H2,1-5H3. The second-order valence-corrected chi connectivity index (χ2v) is 6.65. The number of carbonyl (C=O) groups excluding carboxylic acids is 2. The van der Waals surface area contributed by atoms with Gasteiger partial charge in [0.15, 0.2) is 5.41 Å². The highest BCUT2D eigenvalue weighted by Gasteiger charge is 2.54. The zero-order chi connectivity index (χ0) is 16.1. The Hall–Kier alpha value is -1.10. The van der Waals surface area contributed by atoms with Crippen molar-refractivity contribution >= 4 is 11.9 Å². The second-order valence-electron chi connectivity index (χ2n) is 6.65. The largest absolute Gasteiger partial charge is 0.468 e. The van der Waals surface area contributed by atoms with E-state index in [-0.39, 0.29) is 11.5 Å². The topological polar surface area (TPSA) is 61.8 Å². The summed E-state index contributed by atoms with van der Waals surface area (Å²) in [6.45, 7) is 6.16. The molecule has 0 radical (unpaired) electrons. The lowest BCUT2D eigenvalue weighted by molar-refractivity contribution is -0.177. The van der Waals surface area contributed by atoms with Gasteiger partial charge >= 0.3 is 11.9 Å². The molecule has 21 heavy (non-hydrogen) atoms. The maximum absolute atomic E-state index is 12.4. The monoisotopic (exact) mass is 300 g/mol. The number of methoxy groups -OCH3 is 2. The molecule has 0 aromatic carbocycles. The molecule has 122 valence electrons. The van der Waals surface area contributed by atoms with E-state index in [0.717, 1.165) is 25.7 Å². The van der Waals surface area contributed by atoms with Gasteiger partial charge in [-0.1, -0.05) is 12.8 Å². The average molecular weight is 300 g/mol. The van der Waals surface area contributed by atoms with E-state index in [9.17, 15) is 9.59 Å². The van der Waals surface area contributed by atoms with Gasteiger partial charge in [0.25, 0.3) is 0 Å². The first-order chi connectivity index (χ1) is 9.78. The van der Waals surface area contributed by atoms with Gasteiger partial charge < -0.3 is 14.2 Å². The second kappa shape index (κ2) is 7.25. The van der Waals surface area contributed by atoms with Crippen LogP contribution in [-0.4, -0.2) is 38.4 Å². The molecule has 0 heterocycles. The van der Waals surface area contributed by atoms with Gasteiger partial charge in [-0.3, -0.25) is 9.59 Å². The predicted molar refractivity (Wildman–Crippen MR) is 78.7 cm³/mol. The van der Waals surface area contributed by atoms with Crippen LogP contribution in [0.4, 0.5) is 0 Å². The van der Waals surface area contributed by atoms with Gasteiger partial charge in [-0.15, -0.1) is 0 Å². The summed E-state index contributed by atoms with van der Waals surface area (Å²) in [7, 11) is 2.64. The molecule has 0 amide bonds. The van der Waals surface area contributed by atoms with E-state index < -0.39 is 17.4 Å². The summed E-state index contributed by atoms with van der Waals surface area (Å²) in [5.74, 6) is -1.03. The molecule has 5 heteroatoms. The molecule has 0 aliphatic heterocycles. The van der Waals surface area contributed by atoms with E-state index >= 15 is 0 Å². The molecular formula is C16H28O5. The van der Waals surface area contributed by atoms with Crippen molar-refractivity contribution in [2.24, 2.45) is 11.3 Å². The van der Waals surface area contributed by atoms with Crippen molar-refractivity contribution in [1.29, 1.82) is 0 Å². The van der Waals surface area contributed by atoms with Crippen LogP contribution in [0.15, 0.2) is 0 Å². The molecule has 0 spiro atoms. The lowest BCUT2D eigenvalue weighted by Gasteiger charge is -2.34. The Bertz CT molecular complexity index is 347. The Morgan fingerprint density at radius 1 is 1.00 bits per heavy atom. The van der Waals surface area contributed by atoms with E-state index in [1.54, 1.807) is 0 Å². The zero-order valence-electron chi connectivity index (χ0n) is 13.9. The Morgan fingerprint density at radius 3 is 1.86 bits per heavy atom. The van der Waals surface area contributed by atoms with Crippen molar-refractivity contribution in [3.63, 3.8) is 0 Å². The molecule has 1 aliphatic rings. The van der Waals surface area contributed by atoms with Crippen LogP contribution < -0.4 is 0 Å². The first kappa shape index (κ1) is 18.0. The van der Waals surface area contributed by atoms with Gasteiger partial charge in [-0.2, -0.15) is 0 Å². The number of carbonyl (C=O) groups is 2. The zero-order valence-corrected chi connectivity index (χ0v) is 13.9. The van der Waals surface area contributed by atoms with Gasteiger partial charge in [-0.05, 0) is 46.0 Å². The number of hydrogen-bond acceptors (Lipinski definition) is 5. The number of hydrogen-bond donors (Lipinski definition) is 0. The van der Waals surface area contributed by atoms with Crippen molar-refractivity contribution in [1.82, 2.24) is 0 Å². The van der Waals surface area contributed by atoms with Gasteiger partial charge in [0.05, 0.1) is 19.8 Å². The molecule has 0 bridgehead atoms. The molecule has 0 aromatic rings. The molecule has 1 fully saturated rings. The molecule has 0 aromatic heterocycles. The minimum atomic E-state index is -1.23. The lowest BCUT2D eigenvalue weighted by atomic mass is 9.71.